The fourth-order valence-electron chi connectivity index (χ4n) is 4.91. The molecule has 2 aromatic carbocycles. The van der Waals surface area contributed by atoms with Crippen molar-refractivity contribution >= 4 is 31.1 Å². The Bertz CT molecular complexity index is 910. The van der Waals surface area contributed by atoms with Crippen molar-refractivity contribution < 1.29 is 18.8 Å². The molecule has 1 fully saturated rings. The maximum atomic E-state index is 13.1. The number of benzene rings is 2. The molecule has 1 aliphatic rings. The summed E-state index contributed by atoms with van der Waals surface area (Å²) in [5.41, 5.74) is -0.581. The summed E-state index contributed by atoms with van der Waals surface area (Å²) in [4.78, 5) is 26.5. The Hall–Kier alpha value is -2.44. The van der Waals surface area contributed by atoms with Crippen LogP contribution in [0.2, 0.25) is 5.04 Å². The molecule has 0 aliphatic carbocycles. The standard InChI is InChI=1S/C28H39NO4Si/c1-27(2,3)33-26(31)29-18-17-22(20-30)19-23(29)21-32-34(28(4,5)6,24-13-9-7-10-14-24)25-15-11-8-12-16-25/h7-16,20,22-23H,17-19,21H2,1-6H3/t22-,23+/m1/s1. The molecule has 3 rings (SSSR count). The molecule has 0 bridgehead atoms. The van der Waals surface area contributed by atoms with Crippen molar-refractivity contribution in [2.75, 3.05) is 13.2 Å². The lowest BCUT2D eigenvalue weighted by molar-refractivity contribution is -0.113. The summed E-state index contributed by atoms with van der Waals surface area (Å²) < 4.78 is 12.8. The highest BCUT2D eigenvalue weighted by molar-refractivity contribution is 6.99. The number of hydrogen-bond acceptors (Lipinski definition) is 4. The summed E-state index contributed by atoms with van der Waals surface area (Å²) in [6.45, 7) is 13.2. The predicted molar refractivity (Wildman–Crippen MR) is 139 cm³/mol. The van der Waals surface area contributed by atoms with Crippen LogP contribution in [0.15, 0.2) is 60.7 Å². The van der Waals surface area contributed by atoms with Gasteiger partial charge in [-0.15, -0.1) is 0 Å². The number of rotatable bonds is 6. The third kappa shape index (κ3) is 5.78. The smallest absolute Gasteiger partial charge is 0.410 e. The van der Waals surface area contributed by atoms with E-state index in [-0.39, 0.29) is 23.1 Å². The highest BCUT2D eigenvalue weighted by atomic mass is 28.4. The van der Waals surface area contributed by atoms with Crippen molar-refractivity contribution in [3.63, 3.8) is 0 Å². The molecule has 0 N–H and O–H groups in total. The number of nitrogens with zero attached hydrogens (tertiary/aromatic N) is 1. The number of likely N-dealkylation sites (tertiary alicyclic amines) is 1. The second kappa shape index (κ2) is 10.4. The summed E-state index contributed by atoms with van der Waals surface area (Å²) in [5.74, 6) is -0.0774. The third-order valence-electron chi connectivity index (χ3n) is 6.49. The topological polar surface area (TPSA) is 55.8 Å². The van der Waals surface area contributed by atoms with E-state index >= 15 is 0 Å². The molecular formula is C28H39NO4Si. The molecule has 1 amide bonds. The molecule has 1 saturated heterocycles. The lowest BCUT2D eigenvalue weighted by Gasteiger charge is -2.45. The van der Waals surface area contributed by atoms with Gasteiger partial charge in [0.15, 0.2) is 0 Å². The number of aldehydes is 1. The van der Waals surface area contributed by atoms with Crippen LogP contribution in [0.3, 0.4) is 0 Å². The van der Waals surface area contributed by atoms with E-state index in [0.29, 0.717) is 26.0 Å². The minimum absolute atomic E-state index is 0.0774. The van der Waals surface area contributed by atoms with Gasteiger partial charge in [0, 0.05) is 12.5 Å². The number of hydrogen-bond donors (Lipinski definition) is 0. The maximum absolute atomic E-state index is 13.1. The first-order valence-corrected chi connectivity index (χ1v) is 14.1. The van der Waals surface area contributed by atoms with Crippen LogP contribution in [0, 0.1) is 5.92 Å². The molecule has 0 radical (unpaired) electrons. The fourth-order valence-corrected chi connectivity index (χ4v) is 9.51. The molecule has 5 nitrogen and oxygen atoms in total. The van der Waals surface area contributed by atoms with Crippen molar-refractivity contribution in [3.8, 4) is 0 Å². The minimum Gasteiger partial charge on any atom is -0.444 e. The van der Waals surface area contributed by atoms with E-state index in [2.05, 4.69) is 69.3 Å². The number of carbonyl (C=O) groups excluding carboxylic acids is 2. The van der Waals surface area contributed by atoms with Gasteiger partial charge >= 0.3 is 6.09 Å². The van der Waals surface area contributed by atoms with Crippen molar-refractivity contribution in [2.24, 2.45) is 5.92 Å². The van der Waals surface area contributed by atoms with Gasteiger partial charge in [-0.25, -0.2) is 4.79 Å². The molecule has 1 heterocycles. The van der Waals surface area contributed by atoms with Gasteiger partial charge in [-0.1, -0.05) is 81.4 Å². The van der Waals surface area contributed by atoms with Crippen molar-refractivity contribution in [3.05, 3.63) is 60.7 Å². The monoisotopic (exact) mass is 481 g/mol. The van der Waals surface area contributed by atoms with Crippen molar-refractivity contribution in [2.45, 2.75) is 71.1 Å². The summed E-state index contributed by atoms with van der Waals surface area (Å²) in [7, 11) is -2.74. The molecule has 184 valence electrons. The number of carbonyl (C=O) groups is 2. The van der Waals surface area contributed by atoms with Crippen LogP contribution in [0.4, 0.5) is 4.79 Å². The quantitative estimate of drug-likeness (QED) is 0.440. The Morgan fingerprint density at radius 3 is 1.94 bits per heavy atom. The summed E-state index contributed by atoms with van der Waals surface area (Å²) in [6, 6.07) is 20.7. The van der Waals surface area contributed by atoms with Crippen molar-refractivity contribution in [1.29, 1.82) is 0 Å². The molecule has 0 spiro atoms. The zero-order valence-corrected chi connectivity index (χ0v) is 22.4. The van der Waals surface area contributed by atoms with Crippen molar-refractivity contribution in [1.82, 2.24) is 4.90 Å². The molecule has 34 heavy (non-hydrogen) atoms. The van der Waals surface area contributed by atoms with E-state index in [1.54, 1.807) is 4.90 Å². The van der Waals surface area contributed by atoms with E-state index in [0.717, 1.165) is 6.29 Å². The highest BCUT2D eigenvalue weighted by Crippen LogP contribution is 2.37. The van der Waals surface area contributed by atoms with Gasteiger partial charge in [-0.05, 0) is 49.0 Å². The van der Waals surface area contributed by atoms with E-state index in [9.17, 15) is 9.59 Å². The number of piperidine rings is 1. The van der Waals surface area contributed by atoms with Crippen LogP contribution in [0.25, 0.3) is 0 Å². The minimum atomic E-state index is -2.74. The molecule has 0 saturated carbocycles. The van der Waals surface area contributed by atoms with Crippen LogP contribution >= 0.6 is 0 Å². The Morgan fingerprint density at radius 2 is 1.50 bits per heavy atom. The summed E-state index contributed by atoms with van der Waals surface area (Å²) in [6.07, 6.45) is 1.91. The van der Waals surface area contributed by atoms with Gasteiger partial charge in [-0.3, -0.25) is 0 Å². The van der Waals surface area contributed by atoms with Crippen LogP contribution in [0.1, 0.15) is 54.4 Å². The Morgan fingerprint density at radius 1 is 0.971 bits per heavy atom. The van der Waals surface area contributed by atoms with Crippen LogP contribution in [-0.4, -0.2) is 50.4 Å². The highest BCUT2D eigenvalue weighted by Gasteiger charge is 2.51. The predicted octanol–water partition coefficient (Wildman–Crippen LogP) is 4.78. The molecule has 2 atom stereocenters. The average molecular weight is 482 g/mol. The summed E-state index contributed by atoms with van der Waals surface area (Å²) >= 11 is 0. The molecule has 0 unspecified atom stereocenters. The van der Waals surface area contributed by atoms with Gasteiger partial charge in [0.2, 0.25) is 0 Å². The Balaban J connectivity index is 2.00. The number of amides is 1. The van der Waals surface area contributed by atoms with Gasteiger partial charge < -0.3 is 18.9 Å². The van der Waals surface area contributed by atoms with E-state index in [1.807, 2.05) is 32.9 Å². The third-order valence-corrected chi connectivity index (χ3v) is 11.5. The van der Waals surface area contributed by atoms with Crippen LogP contribution in [-0.2, 0) is 14.0 Å². The maximum Gasteiger partial charge on any atom is 0.410 e. The van der Waals surface area contributed by atoms with Gasteiger partial charge in [0.25, 0.3) is 8.32 Å². The van der Waals surface area contributed by atoms with Crippen LogP contribution < -0.4 is 10.4 Å². The molecule has 2 aromatic rings. The van der Waals surface area contributed by atoms with E-state index in [1.165, 1.54) is 10.4 Å². The zero-order valence-electron chi connectivity index (χ0n) is 21.4. The van der Waals surface area contributed by atoms with Gasteiger partial charge in [-0.2, -0.15) is 0 Å². The Kier molecular flexibility index (Phi) is 8.04. The average Bonchev–Trinajstić information content (AvgIpc) is 2.78. The lowest BCUT2D eigenvalue weighted by atomic mass is 9.93. The SMILES string of the molecule is CC(C)(C)OC(=O)N1CC[C@@H](C=O)C[C@H]1CO[Si](c1ccccc1)(c1ccccc1)C(C)(C)C. The molecular weight excluding hydrogens is 442 g/mol. The zero-order chi connectivity index (χ0) is 25.0. The lowest BCUT2D eigenvalue weighted by Crippen LogP contribution is -2.67. The van der Waals surface area contributed by atoms with E-state index in [4.69, 9.17) is 9.16 Å². The first-order valence-electron chi connectivity index (χ1n) is 12.2. The van der Waals surface area contributed by atoms with E-state index < -0.39 is 13.9 Å². The molecule has 1 aliphatic heterocycles. The second-order valence-electron chi connectivity index (χ2n) is 11.2. The fraction of sp³-hybridized carbons (Fsp3) is 0.500. The van der Waals surface area contributed by atoms with Gasteiger partial charge in [0.1, 0.15) is 11.9 Å². The van der Waals surface area contributed by atoms with Crippen LogP contribution in [0.5, 0.6) is 0 Å². The first-order chi connectivity index (χ1) is 16.0. The second-order valence-corrected chi connectivity index (χ2v) is 15.5. The molecule has 0 aromatic heterocycles. The molecule has 6 heteroatoms. The van der Waals surface area contributed by atoms with Gasteiger partial charge in [0.05, 0.1) is 12.6 Å². The Labute approximate surface area is 205 Å². The number of ether oxygens (including phenoxy) is 1. The largest absolute Gasteiger partial charge is 0.444 e. The first kappa shape index (κ1) is 26.2. The summed E-state index contributed by atoms with van der Waals surface area (Å²) in [5, 5.41) is 2.23. The normalized spacial score (nSPS) is 19.5.